The van der Waals surface area contributed by atoms with Gasteiger partial charge in [-0.2, -0.15) is 0 Å². The highest BCUT2D eigenvalue weighted by atomic mass is 16.7. The minimum atomic E-state index is 0.0240. The molecular formula is C17H30N2O2. The molecule has 1 heterocycles. The van der Waals surface area contributed by atoms with Crippen molar-refractivity contribution in [3.63, 3.8) is 0 Å². The van der Waals surface area contributed by atoms with E-state index in [1.54, 1.807) is 0 Å². The molecule has 2 unspecified atom stereocenters. The fourth-order valence-corrected chi connectivity index (χ4v) is 4.28. The first-order chi connectivity index (χ1) is 10.2. The van der Waals surface area contributed by atoms with Crippen LogP contribution in [0.2, 0.25) is 0 Å². The quantitative estimate of drug-likeness (QED) is 0.801. The summed E-state index contributed by atoms with van der Waals surface area (Å²) >= 11 is 0. The second-order valence-electron chi connectivity index (χ2n) is 7.28. The molecule has 0 amide bonds. The lowest BCUT2D eigenvalue weighted by Crippen LogP contribution is -2.50. The molecule has 3 fully saturated rings. The Kier molecular flexibility index (Phi) is 5.17. The second-order valence-corrected chi connectivity index (χ2v) is 7.28. The van der Waals surface area contributed by atoms with E-state index >= 15 is 0 Å². The molecule has 3 rings (SSSR count). The first kappa shape index (κ1) is 15.3. The number of hydrogen-bond donors (Lipinski definition) is 0. The number of hydrogen-bond acceptors (Lipinski definition) is 4. The van der Waals surface area contributed by atoms with Gasteiger partial charge in [0.15, 0.2) is 0 Å². The summed E-state index contributed by atoms with van der Waals surface area (Å²) in [5.41, 5.74) is 0. The number of piperazine rings is 1. The Morgan fingerprint density at radius 2 is 1.67 bits per heavy atom. The largest absolute Gasteiger partial charge is 0.368 e. The fraction of sp³-hybridized carbons (Fsp3) is 0.941. The van der Waals surface area contributed by atoms with Crippen molar-refractivity contribution >= 4 is 5.97 Å². The molecular weight excluding hydrogens is 264 g/mol. The molecule has 3 aliphatic rings. The molecule has 2 atom stereocenters. The summed E-state index contributed by atoms with van der Waals surface area (Å²) in [6.45, 7) is 6.12. The minimum Gasteiger partial charge on any atom is -0.368 e. The van der Waals surface area contributed by atoms with Gasteiger partial charge in [-0.05, 0) is 31.6 Å². The number of rotatable bonds is 3. The molecule has 0 radical (unpaired) electrons. The van der Waals surface area contributed by atoms with Crippen LogP contribution in [0.1, 0.15) is 58.3 Å². The molecule has 1 saturated heterocycles. The van der Waals surface area contributed by atoms with E-state index in [-0.39, 0.29) is 11.9 Å². The molecule has 4 heteroatoms. The van der Waals surface area contributed by atoms with Crippen molar-refractivity contribution in [1.82, 2.24) is 9.96 Å². The summed E-state index contributed by atoms with van der Waals surface area (Å²) in [4.78, 5) is 20.5. The summed E-state index contributed by atoms with van der Waals surface area (Å²) in [6.07, 6.45) is 9.98. The molecule has 0 bridgehead atoms. The predicted octanol–water partition coefficient (Wildman–Crippen LogP) is 2.83. The lowest BCUT2D eigenvalue weighted by atomic mass is 9.82. The molecule has 0 aromatic rings. The van der Waals surface area contributed by atoms with Gasteiger partial charge >= 0.3 is 5.97 Å². The SMILES string of the molecule is CC1CCCC(C(=O)ON2CCN(C3CCCC3)CC2)C1. The molecule has 2 aliphatic carbocycles. The number of nitrogens with zero attached hydrogens (tertiary/aromatic N) is 2. The predicted molar refractivity (Wildman–Crippen MR) is 82.6 cm³/mol. The van der Waals surface area contributed by atoms with Gasteiger partial charge in [-0.15, -0.1) is 5.06 Å². The standard InChI is InChI=1S/C17H30N2O2/c1-14-5-4-6-15(13-14)17(20)21-19-11-9-18(10-12-19)16-7-2-3-8-16/h14-16H,2-13H2,1H3. The van der Waals surface area contributed by atoms with Crippen LogP contribution in [-0.2, 0) is 9.63 Å². The highest BCUT2D eigenvalue weighted by Gasteiger charge is 2.31. The van der Waals surface area contributed by atoms with Crippen LogP contribution in [0.5, 0.6) is 0 Å². The van der Waals surface area contributed by atoms with Gasteiger partial charge in [0.25, 0.3) is 0 Å². The van der Waals surface area contributed by atoms with Crippen LogP contribution in [0.25, 0.3) is 0 Å². The van der Waals surface area contributed by atoms with Crippen LogP contribution in [0.3, 0.4) is 0 Å². The minimum absolute atomic E-state index is 0.0240. The van der Waals surface area contributed by atoms with E-state index in [0.717, 1.165) is 45.1 Å². The Balaban J connectivity index is 1.41. The maximum Gasteiger partial charge on any atom is 0.328 e. The van der Waals surface area contributed by atoms with Crippen LogP contribution >= 0.6 is 0 Å². The van der Waals surface area contributed by atoms with Gasteiger partial charge in [0.2, 0.25) is 0 Å². The smallest absolute Gasteiger partial charge is 0.328 e. The van der Waals surface area contributed by atoms with Crippen LogP contribution < -0.4 is 0 Å². The van der Waals surface area contributed by atoms with Gasteiger partial charge in [0.05, 0.1) is 5.92 Å². The Hall–Kier alpha value is -0.610. The molecule has 0 N–H and O–H groups in total. The zero-order valence-electron chi connectivity index (χ0n) is 13.4. The van der Waals surface area contributed by atoms with Gasteiger partial charge in [-0.1, -0.05) is 32.6 Å². The first-order valence-electron chi connectivity index (χ1n) is 8.93. The van der Waals surface area contributed by atoms with Crippen molar-refractivity contribution in [3.8, 4) is 0 Å². The van der Waals surface area contributed by atoms with E-state index in [9.17, 15) is 4.79 Å². The zero-order valence-corrected chi connectivity index (χ0v) is 13.4. The van der Waals surface area contributed by atoms with E-state index in [4.69, 9.17) is 4.84 Å². The van der Waals surface area contributed by atoms with Crippen LogP contribution in [0.15, 0.2) is 0 Å². The van der Waals surface area contributed by atoms with Crippen molar-refractivity contribution < 1.29 is 9.63 Å². The Morgan fingerprint density at radius 3 is 2.33 bits per heavy atom. The second kappa shape index (κ2) is 7.10. The topological polar surface area (TPSA) is 32.8 Å². The maximum atomic E-state index is 12.3. The van der Waals surface area contributed by atoms with E-state index < -0.39 is 0 Å². The van der Waals surface area contributed by atoms with E-state index in [2.05, 4.69) is 11.8 Å². The Bertz CT molecular complexity index is 347. The molecule has 120 valence electrons. The van der Waals surface area contributed by atoms with Crippen LogP contribution in [-0.4, -0.2) is 48.2 Å². The maximum absolute atomic E-state index is 12.3. The van der Waals surface area contributed by atoms with Crippen molar-refractivity contribution in [1.29, 1.82) is 0 Å². The summed E-state index contributed by atoms with van der Waals surface area (Å²) < 4.78 is 0. The highest BCUT2D eigenvalue weighted by Crippen LogP contribution is 2.30. The van der Waals surface area contributed by atoms with E-state index in [1.807, 2.05) is 5.06 Å². The average molecular weight is 294 g/mol. The zero-order chi connectivity index (χ0) is 14.7. The van der Waals surface area contributed by atoms with Gasteiger partial charge in [0.1, 0.15) is 0 Å². The lowest BCUT2D eigenvalue weighted by Gasteiger charge is -2.37. The first-order valence-corrected chi connectivity index (χ1v) is 8.93. The molecule has 21 heavy (non-hydrogen) atoms. The van der Waals surface area contributed by atoms with Crippen LogP contribution in [0, 0.1) is 11.8 Å². The van der Waals surface area contributed by atoms with Crippen molar-refractivity contribution in [3.05, 3.63) is 0 Å². The molecule has 4 nitrogen and oxygen atoms in total. The van der Waals surface area contributed by atoms with Crippen LogP contribution in [0.4, 0.5) is 0 Å². The third-order valence-electron chi connectivity index (χ3n) is 5.60. The third kappa shape index (κ3) is 3.98. The fourth-order valence-electron chi connectivity index (χ4n) is 4.28. The van der Waals surface area contributed by atoms with Crippen molar-refractivity contribution in [2.45, 2.75) is 64.3 Å². The molecule has 1 aliphatic heterocycles. The number of carbonyl (C=O) groups excluding carboxylic acids is 1. The Morgan fingerprint density at radius 1 is 0.952 bits per heavy atom. The number of carbonyl (C=O) groups is 1. The monoisotopic (exact) mass is 294 g/mol. The molecule has 2 saturated carbocycles. The third-order valence-corrected chi connectivity index (χ3v) is 5.60. The van der Waals surface area contributed by atoms with Gasteiger partial charge in [-0.3, -0.25) is 9.69 Å². The highest BCUT2D eigenvalue weighted by molar-refractivity contribution is 5.72. The summed E-state index contributed by atoms with van der Waals surface area (Å²) in [7, 11) is 0. The summed E-state index contributed by atoms with van der Waals surface area (Å²) in [5.74, 6) is 0.841. The van der Waals surface area contributed by atoms with E-state index in [0.29, 0.717) is 5.92 Å². The van der Waals surface area contributed by atoms with Crippen molar-refractivity contribution in [2.75, 3.05) is 26.2 Å². The van der Waals surface area contributed by atoms with E-state index in [1.165, 1.54) is 38.5 Å². The van der Waals surface area contributed by atoms with Crippen molar-refractivity contribution in [2.24, 2.45) is 11.8 Å². The molecule has 0 aromatic carbocycles. The van der Waals surface area contributed by atoms with Gasteiger partial charge < -0.3 is 4.84 Å². The normalized spacial score (nSPS) is 33.2. The Labute approximate surface area is 128 Å². The molecule has 0 aromatic heterocycles. The number of hydroxylamine groups is 2. The summed E-state index contributed by atoms with van der Waals surface area (Å²) in [5, 5.41) is 1.91. The van der Waals surface area contributed by atoms with Gasteiger partial charge in [-0.25, -0.2) is 0 Å². The molecule has 0 spiro atoms. The average Bonchev–Trinajstić information content (AvgIpc) is 3.02. The summed E-state index contributed by atoms with van der Waals surface area (Å²) in [6, 6.07) is 0.794. The van der Waals surface area contributed by atoms with Gasteiger partial charge in [0, 0.05) is 32.2 Å². The lowest BCUT2D eigenvalue weighted by molar-refractivity contribution is -0.205.